The average molecular weight is 285 g/mol. The van der Waals surface area contributed by atoms with Gasteiger partial charge in [0.15, 0.2) is 9.84 Å². The predicted octanol–water partition coefficient (Wildman–Crippen LogP) is 0.623. The Morgan fingerprint density at radius 3 is 2.89 bits per heavy atom. The summed E-state index contributed by atoms with van der Waals surface area (Å²) in [6.45, 7) is 0.880. The van der Waals surface area contributed by atoms with Crippen LogP contribution in [0.3, 0.4) is 0 Å². The summed E-state index contributed by atoms with van der Waals surface area (Å²) in [5.41, 5.74) is 0. The van der Waals surface area contributed by atoms with E-state index >= 15 is 0 Å². The normalized spacial score (nSPS) is 23.6. The predicted molar refractivity (Wildman–Crippen MR) is 75.7 cm³/mol. The number of nitrogens with zero attached hydrogens (tertiary/aromatic N) is 2. The molecule has 108 valence electrons. The van der Waals surface area contributed by atoms with Gasteiger partial charge in [-0.25, -0.2) is 13.4 Å². The highest BCUT2D eigenvalue weighted by Crippen LogP contribution is 2.28. The number of aryl methyl sites for hydroxylation is 2. The van der Waals surface area contributed by atoms with Gasteiger partial charge >= 0.3 is 0 Å². The molecule has 5 nitrogen and oxygen atoms in total. The smallest absolute Gasteiger partial charge is 0.150 e. The minimum absolute atomic E-state index is 0.303. The van der Waals surface area contributed by atoms with Crippen LogP contribution in [0.25, 0.3) is 0 Å². The largest absolute Gasteiger partial charge is 0.338 e. The summed E-state index contributed by atoms with van der Waals surface area (Å²) in [5.74, 6) is 2.51. The molecular formula is C13H23N3O2S. The second-order valence-electron chi connectivity index (χ2n) is 5.47. The summed E-state index contributed by atoms with van der Waals surface area (Å²) in [5, 5.41) is 3.19. The number of sulfone groups is 1. The van der Waals surface area contributed by atoms with E-state index in [0.29, 0.717) is 23.3 Å². The Morgan fingerprint density at radius 1 is 1.58 bits per heavy atom. The molecule has 1 aromatic heterocycles. The van der Waals surface area contributed by atoms with E-state index in [1.165, 1.54) is 0 Å². The Hall–Kier alpha value is -0.880. The molecule has 2 rings (SSSR count). The molecule has 0 aliphatic carbocycles. The van der Waals surface area contributed by atoms with Crippen LogP contribution in [-0.2, 0) is 23.3 Å². The zero-order valence-corrected chi connectivity index (χ0v) is 12.5. The van der Waals surface area contributed by atoms with Crippen molar-refractivity contribution >= 4 is 9.84 Å². The molecule has 1 N–H and O–H groups in total. The van der Waals surface area contributed by atoms with Gasteiger partial charge in [-0.3, -0.25) is 0 Å². The number of nitrogens with one attached hydrogen (secondary N) is 1. The third-order valence-electron chi connectivity index (χ3n) is 4.06. The fourth-order valence-electron chi connectivity index (χ4n) is 2.91. The third kappa shape index (κ3) is 3.79. The van der Waals surface area contributed by atoms with Gasteiger partial charge in [0.25, 0.3) is 0 Å². The van der Waals surface area contributed by atoms with Crippen LogP contribution in [0, 0.1) is 11.8 Å². The van der Waals surface area contributed by atoms with Crippen molar-refractivity contribution in [1.82, 2.24) is 14.9 Å². The summed E-state index contributed by atoms with van der Waals surface area (Å²) in [6, 6.07) is 0. The standard InChI is InChI=1S/C13H23N3O2S/c1-14-9-11(12-5-8-19(17,18)10-12)3-4-13-15-6-7-16(13)2/h6-7,11-12,14H,3-5,8-10H2,1-2H3. The summed E-state index contributed by atoms with van der Waals surface area (Å²) in [7, 11) is 1.14. The van der Waals surface area contributed by atoms with Crippen LogP contribution in [0.2, 0.25) is 0 Å². The van der Waals surface area contributed by atoms with Crippen molar-refractivity contribution in [1.29, 1.82) is 0 Å². The lowest BCUT2D eigenvalue weighted by molar-refractivity contribution is 0.330. The minimum Gasteiger partial charge on any atom is -0.338 e. The molecule has 0 amide bonds. The van der Waals surface area contributed by atoms with Crippen molar-refractivity contribution in [3.63, 3.8) is 0 Å². The van der Waals surface area contributed by atoms with E-state index in [1.807, 2.05) is 31.1 Å². The highest BCUT2D eigenvalue weighted by atomic mass is 32.2. The lowest BCUT2D eigenvalue weighted by Gasteiger charge is -2.22. The summed E-state index contributed by atoms with van der Waals surface area (Å²) in [6.07, 6.45) is 6.47. The Bertz CT molecular complexity index is 510. The van der Waals surface area contributed by atoms with Crippen LogP contribution in [0.15, 0.2) is 12.4 Å². The number of hydrogen-bond donors (Lipinski definition) is 1. The Balaban J connectivity index is 1.95. The van der Waals surface area contributed by atoms with Crippen molar-refractivity contribution in [2.24, 2.45) is 18.9 Å². The van der Waals surface area contributed by atoms with E-state index in [-0.39, 0.29) is 0 Å². The van der Waals surface area contributed by atoms with Crippen molar-refractivity contribution < 1.29 is 8.42 Å². The maximum Gasteiger partial charge on any atom is 0.150 e. The molecule has 0 radical (unpaired) electrons. The van der Waals surface area contributed by atoms with Crippen LogP contribution >= 0.6 is 0 Å². The van der Waals surface area contributed by atoms with E-state index in [4.69, 9.17) is 0 Å². The first kappa shape index (κ1) is 14.5. The van der Waals surface area contributed by atoms with E-state index in [0.717, 1.165) is 31.6 Å². The van der Waals surface area contributed by atoms with Crippen LogP contribution in [0.5, 0.6) is 0 Å². The quantitative estimate of drug-likeness (QED) is 0.832. The lowest BCUT2D eigenvalue weighted by atomic mass is 9.87. The van der Waals surface area contributed by atoms with Crippen molar-refractivity contribution in [2.75, 3.05) is 25.1 Å². The maximum absolute atomic E-state index is 11.6. The van der Waals surface area contributed by atoms with Gasteiger partial charge < -0.3 is 9.88 Å². The molecule has 0 spiro atoms. The van der Waals surface area contributed by atoms with Crippen molar-refractivity contribution in [3.8, 4) is 0 Å². The molecule has 1 aliphatic rings. The summed E-state index contributed by atoms with van der Waals surface area (Å²) in [4.78, 5) is 4.33. The van der Waals surface area contributed by atoms with Gasteiger partial charge in [-0.15, -0.1) is 0 Å². The van der Waals surface area contributed by atoms with Gasteiger partial charge in [0, 0.05) is 25.9 Å². The van der Waals surface area contributed by atoms with Gasteiger partial charge in [-0.05, 0) is 38.3 Å². The first-order valence-electron chi connectivity index (χ1n) is 6.83. The molecule has 19 heavy (non-hydrogen) atoms. The second-order valence-corrected chi connectivity index (χ2v) is 7.70. The number of hydrogen-bond acceptors (Lipinski definition) is 4. The maximum atomic E-state index is 11.6. The molecule has 2 unspecified atom stereocenters. The fourth-order valence-corrected chi connectivity index (χ4v) is 4.83. The zero-order valence-electron chi connectivity index (χ0n) is 11.7. The van der Waals surface area contributed by atoms with Gasteiger partial charge in [0.1, 0.15) is 5.82 Å². The van der Waals surface area contributed by atoms with Gasteiger partial charge in [0.05, 0.1) is 11.5 Å². The van der Waals surface area contributed by atoms with Crippen molar-refractivity contribution in [3.05, 3.63) is 18.2 Å². The number of aromatic nitrogens is 2. The Labute approximate surface area is 115 Å². The summed E-state index contributed by atoms with van der Waals surface area (Å²) < 4.78 is 25.2. The van der Waals surface area contributed by atoms with Crippen LogP contribution < -0.4 is 5.32 Å². The van der Waals surface area contributed by atoms with Gasteiger partial charge in [0.2, 0.25) is 0 Å². The molecule has 1 aliphatic heterocycles. The van der Waals surface area contributed by atoms with E-state index < -0.39 is 9.84 Å². The second kappa shape index (κ2) is 6.05. The molecule has 0 aromatic carbocycles. The fraction of sp³-hybridized carbons (Fsp3) is 0.769. The Kier molecular flexibility index (Phi) is 4.62. The molecule has 1 saturated heterocycles. The highest BCUT2D eigenvalue weighted by Gasteiger charge is 2.33. The van der Waals surface area contributed by atoms with Crippen LogP contribution in [0.4, 0.5) is 0 Å². The molecule has 0 bridgehead atoms. The van der Waals surface area contributed by atoms with E-state index in [9.17, 15) is 8.42 Å². The number of imidazole rings is 1. The molecular weight excluding hydrogens is 262 g/mol. The molecule has 1 fully saturated rings. The van der Waals surface area contributed by atoms with Crippen LogP contribution in [-0.4, -0.2) is 43.1 Å². The topological polar surface area (TPSA) is 64.0 Å². The van der Waals surface area contributed by atoms with Gasteiger partial charge in [-0.2, -0.15) is 0 Å². The van der Waals surface area contributed by atoms with E-state index in [1.54, 1.807) is 0 Å². The first-order valence-corrected chi connectivity index (χ1v) is 8.65. The van der Waals surface area contributed by atoms with E-state index in [2.05, 4.69) is 10.3 Å². The minimum atomic E-state index is -2.79. The molecule has 0 saturated carbocycles. The first-order chi connectivity index (χ1) is 9.02. The molecule has 1 aromatic rings. The monoisotopic (exact) mass is 285 g/mol. The SMILES string of the molecule is CNCC(CCc1nccn1C)C1CCS(=O)(=O)C1. The molecule has 6 heteroatoms. The molecule has 2 atom stereocenters. The van der Waals surface area contributed by atoms with Gasteiger partial charge in [-0.1, -0.05) is 0 Å². The van der Waals surface area contributed by atoms with Crippen molar-refractivity contribution in [2.45, 2.75) is 19.3 Å². The Morgan fingerprint density at radius 2 is 2.37 bits per heavy atom. The average Bonchev–Trinajstić information content (AvgIpc) is 2.91. The third-order valence-corrected chi connectivity index (χ3v) is 5.85. The number of rotatable bonds is 6. The molecule has 2 heterocycles. The zero-order chi connectivity index (χ0) is 13.9. The highest BCUT2D eigenvalue weighted by molar-refractivity contribution is 7.91. The lowest BCUT2D eigenvalue weighted by Crippen LogP contribution is -2.27. The van der Waals surface area contributed by atoms with Crippen LogP contribution in [0.1, 0.15) is 18.7 Å². The summed E-state index contributed by atoms with van der Waals surface area (Å²) >= 11 is 0.